The van der Waals surface area contributed by atoms with Crippen molar-refractivity contribution >= 4 is 17.0 Å². The van der Waals surface area contributed by atoms with Gasteiger partial charge < -0.3 is 10.1 Å². The quantitative estimate of drug-likeness (QED) is 0.911. The molecule has 0 bridgehead atoms. The first-order valence-corrected chi connectivity index (χ1v) is 7.07. The van der Waals surface area contributed by atoms with Crippen LogP contribution in [-0.4, -0.2) is 21.0 Å². The van der Waals surface area contributed by atoms with Crippen LogP contribution in [0.2, 0.25) is 0 Å². The van der Waals surface area contributed by atoms with Crippen molar-refractivity contribution in [2.24, 2.45) is 11.8 Å². The molecule has 21 heavy (non-hydrogen) atoms. The Bertz CT molecular complexity index is 698. The van der Waals surface area contributed by atoms with Gasteiger partial charge in [-0.15, -0.1) is 0 Å². The second-order valence-corrected chi connectivity index (χ2v) is 5.70. The van der Waals surface area contributed by atoms with Crippen molar-refractivity contribution in [3.8, 4) is 0 Å². The van der Waals surface area contributed by atoms with Gasteiger partial charge in [-0.3, -0.25) is 4.79 Å². The van der Waals surface area contributed by atoms with Crippen LogP contribution in [0.25, 0.3) is 11.0 Å². The number of imidazole rings is 1. The molecule has 1 saturated carbocycles. The Labute approximate surface area is 120 Å². The highest BCUT2D eigenvalue weighted by Crippen LogP contribution is 2.44. The lowest BCUT2D eigenvalue weighted by Gasteiger charge is -2.12. The standard InChI is InChI=1S/C15H16F2N2O2/c1-2-7-3-9(10(4-7)15(20)21)14-18-12-6-8(16)5-11(17)13(12)19-14/h5-7,9-10H,2-4H2,1H3,(H,18,19)(H,20,21). The predicted molar refractivity (Wildman–Crippen MR) is 72.9 cm³/mol. The van der Waals surface area contributed by atoms with Crippen LogP contribution in [-0.2, 0) is 4.79 Å². The highest BCUT2D eigenvalue weighted by atomic mass is 19.1. The van der Waals surface area contributed by atoms with Gasteiger partial charge >= 0.3 is 5.97 Å². The molecular weight excluding hydrogens is 278 g/mol. The predicted octanol–water partition coefficient (Wildman–Crippen LogP) is 3.45. The zero-order valence-corrected chi connectivity index (χ0v) is 11.6. The first kappa shape index (κ1) is 14.0. The van der Waals surface area contributed by atoms with E-state index in [-0.39, 0.29) is 17.0 Å². The third kappa shape index (κ3) is 2.39. The van der Waals surface area contributed by atoms with Gasteiger partial charge in [-0.2, -0.15) is 0 Å². The monoisotopic (exact) mass is 294 g/mol. The van der Waals surface area contributed by atoms with Crippen LogP contribution < -0.4 is 0 Å². The molecule has 0 radical (unpaired) electrons. The summed E-state index contributed by atoms with van der Waals surface area (Å²) in [6.07, 6.45) is 2.21. The molecule has 1 fully saturated rings. The van der Waals surface area contributed by atoms with E-state index < -0.39 is 23.5 Å². The van der Waals surface area contributed by atoms with E-state index in [9.17, 15) is 18.7 Å². The number of aromatic amines is 1. The molecule has 2 N–H and O–H groups in total. The Morgan fingerprint density at radius 3 is 2.86 bits per heavy atom. The third-order valence-electron chi connectivity index (χ3n) is 4.43. The molecule has 4 nitrogen and oxygen atoms in total. The lowest BCUT2D eigenvalue weighted by molar-refractivity contribution is -0.142. The van der Waals surface area contributed by atoms with Crippen molar-refractivity contribution in [1.29, 1.82) is 0 Å². The number of benzene rings is 1. The first-order valence-electron chi connectivity index (χ1n) is 7.07. The Kier molecular flexibility index (Phi) is 3.39. The van der Waals surface area contributed by atoms with E-state index in [1.165, 1.54) is 6.07 Å². The number of aliphatic carboxylic acids is 1. The molecule has 1 aliphatic rings. The lowest BCUT2D eigenvalue weighted by atomic mass is 9.96. The van der Waals surface area contributed by atoms with Crippen molar-refractivity contribution < 1.29 is 18.7 Å². The highest BCUT2D eigenvalue weighted by molar-refractivity contribution is 5.77. The van der Waals surface area contributed by atoms with Crippen LogP contribution in [0.5, 0.6) is 0 Å². The second-order valence-electron chi connectivity index (χ2n) is 5.70. The summed E-state index contributed by atoms with van der Waals surface area (Å²) in [7, 11) is 0. The molecule has 1 aromatic carbocycles. The van der Waals surface area contributed by atoms with E-state index in [2.05, 4.69) is 9.97 Å². The Hall–Kier alpha value is -1.98. The zero-order valence-electron chi connectivity index (χ0n) is 11.6. The summed E-state index contributed by atoms with van der Waals surface area (Å²) in [5.74, 6) is -2.30. The Morgan fingerprint density at radius 1 is 1.43 bits per heavy atom. The van der Waals surface area contributed by atoms with Crippen LogP contribution in [0.1, 0.15) is 37.9 Å². The fourth-order valence-corrected chi connectivity index (χ4v) is 3.29. The third-order valence-corrected chi connectivity index (χ3v) is 4.43. The second kappa shape index (κ2) is 5.09. The Morgan fingerprint density at radius 2 is 2.19 bits per heavy atom. The van der Waals surface area contributed by atoms with Gasteiger partial charge in [0.1, 0.15) is 17.2 Å². The van der Waals surface area contributed by atoms with Gasteiger partial charge in [0.05, 0.1) is 11.4 Å². The normalized spacial score (nSPS) is 25.6. The molecule has 112 valence electrons. The maximum Gasteiger partial charge on any atom is 0.307 e. The van der Waals surface area contributed by atoms with Crippen LogP contribution in [0.4, 0.5) is 8.78 Å². The number of nitrogens with one attached hydrogen (secondary N) is 1. The van der Waals surface area contributed by atoms with E-state index >= 15 is 0 Å². The van der Waals surface area contributed by atoms with Gasteiger partial charge in [0, 0.05) is 12.0 Å². The van der Waals surface area contributed by atoms with Crippen LogP contribution in [0, 0.1) is 23.5 Å². The fraction of sp³-hybridized carbons (Fsp3) is 0.467. The zero-order chi connectivity index (χ0) is 15.1. The number of halogens is 2. The van der Waals surface area contributed by atoms with E-state index in [0.717, 1.165) is 12.5 Å². The topological polar surface area (TPSA) is 66.0 Å². The summed E-state index contributed by atoms with van der Waals surface area (Å²) in [4.78, 5) is 18.5. The maximum atomic E-state index is 13.7. The van der Waals surface area contributed by atoms with Crippen molar-refractivity contribution in [3.05, 3.63) is 29.6 Å². The van der Waals surface area contributed by atoms with Gasteiger partial charge in [0.15, 0.2) is 5.82 Å². The van der Waals surface area contributed by atoms with Gasteiger partial charge in [-0.05, 0) is 24.8 Å². The van der Waals surface area contributed by atoms with E-state index in [1.807, 2.05) is 6.92 Å². The number of aromatic nitrogens is 2. The molecule has 1 heterocycles. The van der Waals surface area contributed by atoms with Gasteiger partial charge in [-0.1, -0.05) is 13.3 Å². The summed E-state index contributed by atoms with van der Waals surface area (Å²) in [6.45, 7) is 2.03. The number of nitrogens with zero attached hydrogens (tertiary/aromatic N) is 1. The summed E-state index contributed by atoms with van der Waals surface area (Å²) in [6, 6.07) is 1.96. The summed E-state index contributed by atoms with van der Waals surface area (Å²) in [5, 5.41) is 9.36. The molecule has 3 atom stereocenters. The number of rotatable bonds is 3. The molecule has 2 aromatic rings. The molecule has 0 amide bonds. The van der Waals surface area contributed by atoms with Crippen molar-refractivity contribution in [3.63, 3.8) is 0 Å². The lowest BCUT2D eigenvalue weighted by Crippen LogP contribution is -2.17. The van der Waals surface area contributed by atoms with Gasteiger partial charge in [-0.25, -0.2) is 13.8 Å². The highest BCUT2D eigenvalue weighted by Gasteiger charge is 2.40. The van der Waals surface area contributed by atoms with Crippen LogP contribution in [0.3, 0.4) is 0 Å². The van der Waals surface area contributed by atoms with Gasteiger partial charge in [0.2, 0.25) is 0 Å². The molecule has 3 rings (SSSR count). The minimum absolute atomic E-state index is 0.0653. The average molecular weight is 294 g/mol. The average Bonchev–Trinajstić information content (AvgIpc) is 3.01. The van der Waals surface area contributed by atoms with E-state index in [0.29, 0.717) is 24.6 Å². The maximum absolute atomic E-state index is 13.7. The number of carboxylic acids is 1. The minimum Gasteiger partial charge on any atom is -0.481 e. The first-order chi connectivity index (χ1) is 9.99. The number of carboxylic acid groups (broad SMARTS) is 1. The fourth-order valence-electron chi connectivity index (χ4n) is 3.29. The molecule has 0 aliphatic heterocycles. The van der Waals surface area contributed by atoms with Crippen molar-refractivity contribution in [2.45, 2.75) is 32.1 Å². The largest absolute Gasteiger partial charge is 0.481 e. The number of fused-ring (bicyclic) bond motifs is 1. The van der Waals surface area contributed by atoms with E-state index in [4.69, 9.17) is 0 Å². The van der Waals surface area contributed by atoms with E-state index in [1.54, 1.807) is 0 Å². The molecule has 1 aromatic heterocycles. The Balaban J connectivity index is 2.02. The SMILES string of the molecule is CCC1CC(C(=O)O)C(c2nc3c(F)cc(F)cc3[nH]2)C1. The van der Waals surface area contributed by atoms with Crippen molar-refractivity contribution in [1.82, 2.24) is 9.97 Å². The molecule has 0 spiro atoms. The molecule has 0 saturated heterocycles. The van der Waals surface area contributed by atoms with Crippen molar-refractivity contribution in [2.75, 3.05) is 0 Å². The number of carbonyl (C=O) groups is 1. The number of H-pyrrole nitrogens is 1. The summed E-state index contributed by atoms with van der Waals surface area (Å²) in [5.41, 5.74) is 0.335. The summed E-state index contributed by atoms with van der Waals surface area (Å²) >= 11 is 0. The molecule has 1 aliphatic carbocycles. The van der Waals surface area contributed by atoms with Crippen LogP contribution >= 0.6 is 0 Å². The number of hydrogen-bond donors (Lipinski definition) is 2. The molecule has 3 unspecified atom stereocenters. The van der Waals surface area contributed by atoms with Crippen LogP contribution in [0.15, 0.2) is 12.1 Å². The minimum atomic E-state index is -0.858. The van der Waals surface area contributed by atoms with Gasteiger partial charge in [0.25, 0.3) is 0 Å². The summed E-state index contributed by atoms with van der Waals surface area (Å²) < 4.78 is 26.9. The smallest absolute Gasteiger partial charge is 0.307 e. The number of hydrogen-bond acceptors (Lipinski definition) is 2. The molecule has 6 heteroatoms. The molecular formula is C15H16F2N2O2.